The maximum absolute atomic E-state index is 9.56. The van der Waals surface area contributed by atoms with Crippen LogP contribution in [0.1, 0.15) is 32.2 Å². The molecule has 7 nitrogen and oxygen atoms in total. The molecule has 1 rings (SSSR count). The quantitative estimate of drug-likeness (QED) is 0.607. The Bertz CT molecular complexity index is 482. The zero-order valence-corrected chi connectivity index (χ0v) is 12.6. The number of nitrogens with zero attached hydrogens (tertiary/aromatic N) is 2. The number of aryl methyl sites for hydroxylation is 2. The Labute approximate surface area is 114 Å². The molecule has 0 aliphatic carbocycles. The van der Waals surface area contributed by atoms with Crippen molar-refractivity contribution in [2.45, 2.75) is 47.4 Å². The maximum atomic E-state index is 9.56. The first-order chi connectivity index (χ1) is 8.80. The molecule has 1 aromatic rings. The summed E-state index contributed by atoms with van der Waals surface area (Å²) < 4.78 is 34.9. The molecule has 1 heterocycles. The molecule has 0 atom stereocenters. The largest absolute Gasteiger partial charge is 0.397 e. The van der Waals surface area contributed by atoms with E-state index in [2.05, 4.69) is 33.5 Å². The molecule has 1 aromatic heterocycles. The molecule has 0 aliphatic rings. The molecule has 0 saturated heterocycles. The molecular formula is C11H23N2O5S+. The molecule has 0 aromatic carbocycles. The molecule has 112 valence electrons. The minimum absolute atomic E-state index is 0.0289. The van der Waals surface area contributed by atoms with E-state index in [0.29, 0.717) is 0 Å². The zero-order chi connectivity index (χ0) is 15.1. The smallest absolute Gasteiger partial charge is 0.388 e. The van der Waals surface area contributed by atoms with Crippen LogP contribution in [0.25, 0.3) is 0 Å². The van der Waals surface area contributed by atoms with Gasteiger partial charge < -0.3 is 5.11 Å². The van der Waals surface area contributed by atoms with Gasteiger partial charge in [0, 0.05) is 6.92 Å². The number of aromatic nitrogens is 2. The molecular weight excluding hydrogens is 272 g/mol. The first-order valence-electron chi connectivity index (χ1n) is 6.11. The van der Waals surface area contributed by atoms with Gasteiger partial charge in [0.2, 0.25) is 6.33 Å². The third-order valence-electron chi connectivity index (χ3n) is 2.57. The molecule has 0 amide bonds. The van der Waals surface area contributed by atoms with E-state index >= 15 is 0 Å². The number of rotatable bonds is 5. The normalized spacial score (nSPS) is 11.1. The fourth-order valence-corrected chi connectivity index (χ4v) is 1.94. The molecule has 2 N–H and O–H groups in total. The van der Waals surface area contributed by atoms with E-state index in [9.17, 15) is 8.42 Å². The number of aliphatic hydroxyl groups excluding tert-OH is 1. The van der Waals surface area contributed by atoms with Crippen LogP contribution in [0, 0.1) is 6.92 Å². The second-order valence-corrected chi connectivity index (χ2v) is 4.80. The summed E-state index contributed by atoms with van der Waals surface area (Å²) in [5.74, 6) is 0. The molecule has 0 spiro atoms. The van der Waals surface area contributed by atoms with Crippen LogP contribution in [0.3, 0.4) is 0 Å². The van der Waals surface area contributed by atoms with E-state index in [1.165, 1.54) is 12.6 Å². The minimum Gasteiger partial charge on any atom is -0.388 e. The van der Waals surface area contributed by atoms with Gasteiger partial charge in [-0.25, -0.2) is 13.3 Å². The lowest BCUT2D eigenvalue weighted by molar-refractivity contribution is -0.702. The van der Waals surface area contributed by atoms with Gasteiger partial charge in [-0.3, -0.25) is 4.55 Å². The number of aliphatic hydroxyl groups is 1. The molecule has 0 bridgehead atoms. The Morgan fingerprint density at radius 1 is 1.37 bits per heavy atom. The third kappa shape index (κ3) is 6.15. The summed E-state index contributed by atoms with van der Waals surface area (Å²) in [6.45, 7) is 9.68. The fraction of sp³-hybridized carbons (Fsp3) is 0.727. The van der Waals surface area contributed by atoms with E-state index in [1.807, 2.05) is 6.92 Å². The van der Waals surface area contributed by atoms with Crippen molar-refractivity contribution in [2.75, 3.05) is 6.61 Å². The van der Waals surface area contributed by atoms with E-state index in [0.717, 1.165) is 18.8 Å². The van der Waals surface area contributed by atoms with Crippen LogP contribution < -0.4 is 4.57 Å². The van der Waals surface area contributed by atoms with Gasteiger partial charge in [0.25, 0.3) is 0 Å². The Kier molecular flexibility index (Phi) is 7.84. The lowest BCUT2D eigenvalue weighted by Crippen LogP contribution is -2.34. The molecule has 19 heavy (non-hydrogen) atoms. The van der Waals surface area contributed by atoms with Crippen molar-refractivity contribution >= 4 is 10.4 Å². The van der Waals surface area contributed by atoms with E-state index < -0.39 is 10.4 Å². The summed E-state index contributed by atoms with van der Waals surface area (Å²) in [5.41, 5.74) is 2.20. The second kappa shape index (κ2) is 8.26. The van der Waals surface area contributed by atoms with Crippen LogP contribution in [0.2, 0.25) is 0 Å². The Morgan fingerprint density at radius 2 is 1.95 bits per heavy atom. The monoisotopic (exact) mass is 295 g/mol. The number of hydrogen-bond acceptors (Lipinski definition) is 4. The molecule has 0 fully saturated rings. The van der Waals surface area contributed by atoms with Gasteiger partial charge in [0.15, 0.2) is 5.69 Å². The SMILES string of the molecule is CCOS(=O)(=O)O.CCn1c[n+](CC)c(CO)c1C. The lowest BCUT2D eigenvalue weighted by atomic mass is 10.3. The summed E-state index contributed by atoms with van der Waals surface area (Å²) in [5, 5.41) is 9.11. The van der Waals surface area contributed by atoms with Gasteiger partial charge >= 0.3 is 10.4 Å². The van der Waals surface area contributed by atoms with E-state index in [-0.39, 0.29) is 13.2 Å². The Balaban J connectivity index is 0.000000399. The van der Waals surface area contributed by atoms with Crippen molar-refractivity contribution in [3.63, 3.8) is 0 Å². The predicted molar refractivity (Wildman–Crippen MR) is 69.8 cm³/mol. The molecule has 8 heteroatoms. The van der Waals surface area contributed by atoms with Gasteiger partial charge in [-0.05, 0) is 20.8 Å². The van der Waals surface area contributed by atoms with Gasteiger partial charge in [0.05, 0.1) is 19.7 Å². The predicted octanol–water partition coefficient (Wildman–Crippen LogP) is 0.442. The van der Waals surface area contributed by atoms with E-state index in [4.69, 9.17) is 9.66 Å². The average Bonchev–Trinajstić information content (AvgIpc) is 2.64. The summed E-state index contributed by atoms with van der Waals surface area (Å²) in [7, 11) is -4.17. The summed E-state index contributed by atoms with van der Waals surface area (Å²) >= 11 is 0. The van der Waals surface area contributed by atoms with Crippen molar-refractivity contribution in [1.29, 1.82) is 0 Å². The van der Waals surface area contributed by atoms with Gasteiger partial charge in [0.1, 0.15) is 12.3 Å². The van der Waals surface area contributed by atoms with Gasteiger partial charge in [-0.15, -0.1) is 0 Å². The Morgan fingerprint density at radius 3 is 2.16 bits per heavy atom. The minimum atomic E-state index is -4.17. The van der Waals surface area contributed by atoms with Crippen molar-refractivity contribution in [3.8, 4) is 0 Å². The first-order valence-corrected chi connectivity index (χ1v) is 7.47. The standard InChI is InChI=1S/C9H17N2O.C2H6O4S/c1-4-10-7-11(5-2)9(6-12)8(10)3;1-2-6-7(3,4)5/h7,12H,4-6H2,1-3H3;2H2,1H3,(H,3,4,5)/q+1;. The topological polar surface area (TPSA) is 92.6 Å². The molecule has 0 aliphatic heterocycles. The van der Waals surface area contributed by atoms with Gasteiger partial charge in [-0.2, -0.15) is 8.42 Å². The van der Waals surface area contributed by atoms with Crippen LogP contribution in [0.5, 0.6) is 0 Å². The van der Waals surface area contributed by atoms with Crippen LogP contribution in [0.4, 0.5) is 0 Å². The highest BCUT2D eigenvalue weighted by molar-refractivity contribution is 7.80. The molecule has 0 saturated carbocycles. The molecule has 0 unspecified atom stereocenters. The third-order valence-corrected chi connectivity index (χ3v) is 3.11. The summed E-state index contributed by atoms with van der Waals surface area (Å²) in [6.07, 6.45) is 2.06. The number of imidazole rings is 1. The van der Waals surface area contributed by atoms with Crippen molar-refractivity contribution in [1.82, 2.24) is 4.57 Å². The highest BCUT2D eigenvalue weighted by Gasteiger charge is 2.15. The lowest BCUT2D eigenvalue weighted by Gasteiger charge is -1.93. The Hall–Kier alpha value is -0.960. The van der Waals surface area contributed by atoms with E-state index in [1.54, 1.807) is 0 Å². The van der Waals surface area contributed by atoms with Crippen molar-refractivity contribution < 1.29 is 26.8 Å². The van der Waals surface area contributed by atoms with Crippen LogP contribution in [0.15, 0.2) is 6.33 Å². The fourth-order valence-electron chi connectivity index (χ4n) is 1.64. The average molecular weight is 295 g/mol. The van der Waals surface area contributed by atoms with Gasteiger partial charge in [-0.1, -0.05) is 0 Å². The van der Waals surface area contributed by atoms with Crippen molar-refractivity contribution in [3.05, 3.63) is 17.7 Å². The zero-order valence-electron chi connectivity index (χ0n) is 11.8. The number of hydrogen-bond donors (Lipinski definition) is 2. The van der Waals surface area contributed by atoms with Crippen LogP contribution in [-0.2, 0) is 34.3 Å². The summed E-state index contributed by atoms with van der Waals surface area (Å²) in [6, 6.07) is 0. The van der Waals surface area contributed by atoms with Crippen LogP contribution >= 0.6 is 0 Å². The highest BCUT2D eigenvalue weighted by atomic mass is 32.3. The highest BCUT2D eigenvalue weighted by Crippen LogP contribution is 2.03. The first kappa shape index (κ1) is 18.0. The molecule has 0 radical (unpaired) electrons. The second-order valence-electron chi connectivity index (χ2n) is 3.71. The maximum Gasteiger partial charge on any atom is 0.397 e. The van der Waals surface area contributed by atoms with Crippen molar-refractivity contribution in [2.24, 2.45) is 0 Å². The van der Waals surface area contributed by atoms with Crippen LogP contribution in [-0.4, -0.2) is 29.3 Å². The summed E-state index contributed by atoms with van der Waals surface area (Å²) in [4.78, 5) is 0.